The Morgan fingerprint density at radius 2 is 0.157 bits per heavy atom. The van der Waals surface area contributed by atoms with Gasteiger partial charge in [0.15, 0.2) is 0 Å². The molecule has 8 aromatic heterocycles. The number of rotatable bonds is 0. The summed E-state index contributed by atoms with van der Waals surface area (Å²) in [6, 6.07) is 61.3. The van der Waals surface area contributed by atoms with Gasteiger partial charge in [-0.05, 0) is 170 Å². The largest absolute Gasteiger partial charge is 0.144 e. The van der Waals surface area contributed by atoms with Gasteiger partial charge in [-0.15, -0.1) is 159 Å². The highest BCUT2D eigenvalue weighted by molar-refractivity contribution is 7.22. The first-order valence-corrected chi connectivity index (χ1v) is 33.6. The van der Waals surface area contributed by atoms with E-state index in [-0.39, 0.29) is 0 Å². The second-order valence-electron chi connectivity index (χ2n) is 13.9. The van der Waals surface area contributed by atoms with Crippen LogP contribution in [0.2, 0.25) is 0 Å². The molecule has 350 valence electrons. The molecule has 0 saturated heterocycles. The van der Waals surface area contributed by atoms with E-state index in [4.69, 9.17) is 0 Å². The smallest absolute Gasteiger partial charge is 0.0271 e. The second kappa shape index (κ2) is 30.0. The van der Waals surface area contributed by atoms with Crippen LogP contribution in [0.25, 0.3) is 65.8 Å². The molecule has 0 nitrogen and oxygen atoms in total. The van der Waals surface area contributed by atoms with Crippen LogP contribution in [0.15, 0.2) is 245 Å². The van der Waals surface area contributed by atoms with E-state index in [1.54, 1.807) is 159 Å². The number of benzene rings is 7. The van der Waals surface area contributed by atoms with Gasteiger partial charge in [0.2, 0.25) is 0 Å². The summed E-state index contributed by atoms with van der Waals surface area (Å²) in [6.45, 7) is 0. The lowest BCUT2D eigenvalue weighted by molar-refractivity contribution is 1.94. The van der Waals surface area contributed by atoms with Gasteiger partial charge in [0.1, 0.15) is 0 Å². The molecule has 70 heavy (non-hydrogen) atoms. The molecule has 0 aliphatic rings. The Hall–Kier alpha value is -4.20. The molecule has 0 spiro atoms. The molecule has 0 N–H and O–H groups in total. The van der Waals surface area contributed by atoms with Crippen LogP contribution in [0, 0.1) is 0 Å². The van der Waals surface area contributed by atoms with Crippen LogP contribution in [0.5, 0.6) is 0 Å². The Morgan fingerprint density at radius 1 is 0.100 bits per heavy atom. The minimum atomic E-state index is 1.23. The van der Waals surface area contributed by atoms with E-state index < -0.39 is 0 Å². The Labute approximate surface area is 464 Å². The van der Waals surface area contributed by atoms with E-state index in [0.717, 1.165) is 0 Å². The average Bonchev–Trinajstić information content (AvgIpc) is 3.40. The number of hydrogen-bond acceptors (Lipinski definition) is 14. The average molecular weight is 1160 g/mol. The summed E-state index contributed by atoms with van der Waals surface area (Å²) >= 11 is 24.3. The van der Waals surface area contributed by atoms with E-state index in [2.05, 4.69) is 245 Å². The highest BCUT2D eigenvalue weighted by Gasteiger charge is 1.88. The van der Waals surface area contributed by atoms with Gasteiger partial charge in [0, 0.05) is 141 Å². The molecule has 14 bridgehead atoms. The minimum Gasteiger partial charge on any atom is -0.144 e. The van der Waals surface area contributed by atoms with E-state index in [9.17, 15) is 0 Å². The molecule has 15 aromatic rings. The van der Waals surface area contributed by atoms with Gasteiger partial charge in [-0.25, -0.2) is 0 Å². The molecule has 8 heterocycles. The van der Waals surface area contributed by atoms with Crippen molar-refractivity contribution in [1.82, 2.24) is 0 Å². The lowest BCUT2D eigenvalue weighted by atomic mass is 10.4. The fourth-order valence-corrected chi connectivity index (χ4v) is 15.1. The molecular formula is C56H42S14. The van der Waals surface area contributed by atoms with Gasteiger partial charge in [-0.2, -0.15) is 0 Å². The van der Waals surface area contributed by atoms with Crippen molar-refractivity contribution < 1.29 is 0 Å². The summed E-state index contributed by atoms with van der Waals surface area (Å²) in [7, 11) is 0. The second-order valence-corrected chi connectivity index (χ2v) is 27.6. The quantitative estimate of drug-likeness (QED) is 0.142. The molecule has 0 saturated carbocycles. The van der Waals surface area contributed by atoms with Gasteiger partial charge in [-0.1, -0.05) is 0 Å². The van der Waals surface area contributed by atoms with Crippen molar-refractivity contribution in [2.75, 3.05) is 0 Å². The number of fused-ring (bicyclic) bond motifs is 7. The normalized spacial score (nSPS) is 10.0. The van der Waals surface area contributed by atoms with Crippen molar-refractivity contribution in [3.8, 4) is 0 Å². The summed E-state index contributed by atoms with van der Waals surface area (Å²) in [4.78, 5) is 0. The first-order chi connectivity index (χ1) is 34.6. The maximum atomic E-state index is 2.19. The first-order valence-electron chi connectivity index (χ1n) is 21.2. The van der Waals surface area contributed by atoms with Crippen LogP contribution < -0.4 is 0 Å². The third kappa shape index (κ3) is 19.1. The van der Waals surface area contributed by atoms with Crippen LogP contribution >= 0.6 is 159 Å². The summed E-state index contributed by atoms with van der Waals surface area (Å²) < 4.78 is 17.2. The zero-order valence-corrected chi connectivity index (χ0v) is 48.4. The fourth-order valence-electron chi connectivity index (χ4n) is 5.67. The van der Waals surface area contributed by atoms with Crippen molar-refractivity contribution in [2.24, 2.45) is 0 Å². The standard InChI is InChI=1S/C56H42S14/c1-2-44-4-3-43(1)57-29-30-59-45-5-7-47(8-6-45)61-33-34-63-49-13-15-51(16-14-49)65-37-38-67-53-21-23-55(24-22-53)69-41-42-70-56-27-25-54(26-28-56)68-40-39-66-52-19-17-50(18-20-52)64-36-35-62-48-11-9-46(10-12-48)60-32-31-58-44/h1-42H. The third-order valence-corrected chi connectivity index (χ3v) is 21.6. The lowest BCUT2D eigenvalue weighted by Crippen LogP contribution is -1.59. The highest BCUT2D eigenvalue weighted by atomic mass is 32.2. The summed E-state index contributed by atoms with van der Waals surface area (Å²) in [5, 5.41) is 30.2. The van der Waals surface area contributed by atoms with Crippen LogP contribution in [-0.2, 0) is 0 Å². The van der Waals surface area contributed by atoms with Crippen molar-refractivity contribution in [3.63, 3.8) is 0 Å². The van der Waals surface area contributed by atoms with Crippen molar-refractivity contribution >= 4 is 225 Å². The molecule has 0 radical (unpaired) electrons. The van der Waals surface area contributed by atoms with E-state index in [0.29, 0.717) is 0 Å². The molecule has 0 unspecified atom stereocenters. The van der Waals surface area contributed by atoms with E-state index in [1.807, 2.05) is 0 Å². The maximum Gasteiger partial charge on any atom is 0.0271 e. The summed E-state index contributed by atoms with van der Waals surface area (Å²) in [5.41, 5.74) is 0. The molecule has 0 aliphatic heterocycles. The van der Waals surface area contributed by atoms with Crippen molar-refractivity contribution in [2.45, 2.75) is 0 Å². The molecule has 15 rings (SSSR count). The first kappa shape index (κ1) is 52.1. The fraction of sp³-hybridized carbons (Fsp3) is 0. The molecule has 0 aliphatic carbocycles. The van der Waals surface area contributed by atoms with Gasteiger partial charge in [0.05, 0.1) is 0 Å². The zero-order chi connectivity index (χ0) is 47.7. The van der Waals surface area contributed by atoms with Gasteiger partial charge in [0.25, 0.3) is 0 Å². The van der Waals surface area contributed by atoms with Crippen LogP contribution in [0.3, 0.4) is 0 Å². The van der Waals surface area contributed by atoms with E-state index >= 15 is 0 Å². The van der Waals surface area contributed by atoms with Gasteiger partial charge >= 0.3 is 0 Å². The molecule has 14 heteroatoms. The topological polar surface area (TPSA) is 0 Å². The predicted molar refractivity (Wildman–Crippen MR) is 340 cm³/mol. The number of hydrogen-bond donors (Lipinski definition) is 0. The van der Waals surface area contributed by atoms with Crippen LogP contribution in [0.1, 0.15) is 0 Å². The Kier molecular flexibility index (Phi) is 22.3. The molecule has 0 fully saturated rings. The molecule has 0 amide bonds. The SMILES string of the molecule is c1csc2ccc(cc2)sccsc2ccc(cc2)sccsc2ccc(cc2)sccsc2ccc(cc2)sccsc2ccc(cc2)sccsc2ccc(cc2)sccsc2ccc(cc2)s1. The van der Waals surface area contributed by atoms with Crippen molar-refractivity contribution in [1.29, 1.82) is 0 Å². The Morgan fingerprint density at radius 3 is 0.214 bits per heavy atom. The third-order valence-electron chi connectivity index (χ3n) is 9.01. The van der Waals surface area contributed by atoms with Gasteiger partial charge < -0.3 is 0 Å². The zero-order valence-electron chi connectivity index (χ0n) is 37.0. The van der Waals surface area contributed by atoms with Crippen LogP contribution in [-0.4, -0.2) is 0 Å². The maximum absolute atomic E-state index is 2.19. The Balaban J connectivity index is 1.01. The van der Waals surface area contributed by atoms with Gasteiger partial charge in [-0.3, -0.25) is 0 Å². The monoisotopic (exact) mass is 1160 g/mol. The predicted octanol–water partition coefficient (Wildman–Crippen LogP) is 24.7. The lowest BCUT2D eigenvalue weighted by Gasteiger charge is -1.88. The summed E-state index contributed by atoms with van der Waals surface area (Å²) in [6.07, 6.45) is 0. The Bertz CT molecular complexity index is 2720. The highest BCUT2D eigenvalue weighted by Crippen LogP contribution is 2.21. The molecule has 7 aromatic carbocycles. The molecular weight excluding hydrogens is 1120 g/mol. The minimum absolute atomic E-state index is 1.23. The van der Waals surface area contributed by atoms with E-state index in [1.165, 1.54) is 65.8 Å². The molecule has 0 atom stereocenters. The van der Waals surface area contributed by atoms with Crippen LogP contribution in [0.4, 0.5) is 0 Å². The summed E-state index contributed by atoms with van der Waals surface area (Å²) in [5.74, 6) is 0. The van der Waals surface area contributed by atoms with Crippen molar-refractivity contribution in [3.05, 3.63) is 245 Å².